The Hall–Kier alpha value is -6.48. The average Bonchev–Trinajstić information content (AvgIpc) is 3.81. The van der Waals surface area contributed by atoms with E-state index in [1.165, 1.54) is 24.7 Å². The first-order valence-corrected chi connectivity index (χ1v) is 16.6. The SMILES string of the molecule is N[C@@H](Cc1c[nH]c2ccccc12)C(=O)N[C@@H](Cc1cnc[nH]1)C(=O)N[C@H](Cc1ccc(O)cc1)C(=O)NCC(=O)N[C@@H](Cc1ccccc1)C(=O)O. The van der Waals surface area contributed by atoms with Crippen LogP contribution in [0.5, 0.6) is 5.75 Å². The Balaban J connectivity index is 1.27. The number of hydrogen-bond donors (Lipinski definition) is 9. The zero-order valence-electron chi connectivity index (χ0n) is 28.0. The summed E-state index contributed by atoms with van der Waals surface area (Å²) < 4.78 is 0. The van der Waals surface area contributed by atoms with Crippen molar-refractivity contribution in [2.75, 3.05) is 6.54 Å². The molecule has 15 nitrogen and oxygen atoms in total. The van der Waals surface area contributed by atoms with Gasteiger partial charge < -0.3 is 47.2 Å². The number of imidazole rings is 1. The highest BCUT2D eigenvalue weighted by atomic mass is 16.4. The van der Waals surface area contributed by atoms with Gasteiger partial charge in [-0.1, -0.05) is 60.7 Å². The minimum absolute atomic E-state index is 0.000236. The van der Waals surface area contributed by atoms with Crippen molar-refractivity contribution in [1.29, 1.82) is 0 Å². The Labute approximate surface area is 298 Å². The third-order valence-electron chi connectivity index (χ3n) is 8.41. The van der Waals surface area contributed by atoms with Crippen LogP contribution in [0.15, 0.2) is 97.6 Å². The van der Waals surface area contributed by atoms with Gasteiger partial charge in [0.1, 0.15) is 23.9 Å². The summed E-state index contributed by atoms with van der Waals surface area (Å²) in [5.74, 6) is -4.04. The predicted molar refractivity (Wildman–Crippen MR) is 191 cm³/mol. The number of fused-ring (bicyclic) bond motifs is 1. The number of carbonyl (C=O) groups excluding carboxylic acids is 4. The van der Waals surface area contributed by atoms with Gasteiger partial charge in [0.15, 0.2) is 0 Å². The Bertz CT molecular complexity index is 1980. The first-order valence-electron chi connectivity index (χ1n) is 16.6. The molecule has 0 unspecified atom stereocenters. The van der Waals surface area contributed by atoms with Crippen molar-refractivity contribution >= 4 is 40.5 Å². The molecule has 2 heterocycles. The van der Waals surface area contributed by atoms with E-state index in [9.17, 15) is 34.2 Å². The number of hydrogen-bond acceptors (Lipinski definition) is 8. The van der Waals surface area contributed by atoms with E-state index >= 15 is 0 Å². The molecule has 4 atom stereocenters. The number of nitrogens with two attached hydrogens (primary N) is 1. The van der Waals surface area contributed by atoms with Gasteiger partial charge in [-0.15, -0.1) is 0 Å². The molecule has 52 heavy (non-hydrogen) atoms. The maximum absolute atomic E-state index is 13.8. The number of H-pyrrole nitrogens is 2. The lowest BCUT2D eigenvalue weighted by molar-refractivity contribution is -0.141. The third kappa shape index (κ3) is 10.3. The molecule has 5 aromatic rings. The first kappa shape index (κ1) is 36.8. The molecule has 0 spiro atoms. The van der Waals surface area contributed by atoms with Gasteiger partial charge in [-0.3, -0.25) is 19.2 Å². The minimum atomic E-state index is -1.24. The lowest BCUT2D eigenvalue weighted by Gasteiger charge is -2.24. The molecule has 5 rings (SSSR count). The van der Waals surface area contributed by atoms with Crippen molar-refractivity contribution in [1.82, 2.24) is 36.2 Å². The molecule has 4 amide bonds. The molecule has 0 saturated carbocycles. The van der Waals surface area contributed by atoms with Crippen LogP contribution in [0.2, 0.25) is 0 Å². The Kier molecular flexibility index (Phi) is 12.3. The first-order chi connectivity index (χ1) is 25.0. The Morgan fingerprint density at radius 2 is 1.37 bits per heavy atom. The summed E-state index contributed by atoms with van der Waals surface area (Å²) in [7, 11) is 0. The minimum Gasteiger partial charge on any atom is -0.508 e. The van der Waals surface area contributed by atoms with E-state index in [1.54, 1.807) is 48.7 Å². The number of phenols is 1. The largest absolute Gasteiger partial charge is 0.508 e. The van der Waals surface area contributed by atoms with Crippen LogP contribution in [-0.2, 0) is 49.7 Å². The van der Waals surface area contributed by atoms with E-state index in [4.69, 9.17) is 5.73 Å². The van der Waals surface area contributed by atoms with Crippen LogP contribution in [0, 0.1) is 0 Å². The number of benzene rings is 3. The number of nitrogens with one attached hydrogen (secondary N) is 6. The molecule has 10 N–H and O–H groups in total. The highest BCUT2D eigenvalue weighted by Gasteiger charge is 2.30. The fourth-order valence-electron chi connectivity index (χ4n) is 5.67. The third-order valence-corrected chi connectivity index (χ3v) is 8.41. The van der Waals surface area contributed by atoms with Crippen molar-refractivity contribution in [2.45, 2.75) is 49.9 Å². The number of phenolic OH excluding ortho intramolecular Hbond substituents is 1. The molecule has 0 aliphatic carbocycles. The van der Waals surface area contributed by atoms with Crippen LogP contribution >= 0.6 is 0 Å². The van der Waals surface area contributed by atoms with Crippen LogP contribution in [0.3, 0.4) is 0 Å². The normalized spacial score (nSPS) is 13.3. The lowest BCUT2D eigenvalue weighted by Crippen LogP contribution is -2.57. The van der Waals surface area contributed by atoms with Crippen molar-refractivity contribution < 1.29 is 34.2 Å². The second-order valence-corrected chi connectivity index (χ2v) is 12.3. The van der Waals surface area contributed by atoms with Crippen LogP contribution in [0.1, 0.15) is 22.4 Å². The van der Waals surface area contributed by atoms with E-state index in [0.717, 1.165) is 16.5 Å². The number of carboxylic acids is 1. The molecule has 2 aromatic heterocycles. The molecule has 3 aromatic carbocycles. The summed E-state index contributed by atoms with van der Waals surface area (Å²) in [5.41, 5.74) is 9.85. The monoisotopic (exact) mass is 708 g/mol. The predicted octanol–water partition coefficient (Wildman–Crippen LogP) is 0.850. The number of carboxylic acid groups (broad SMARTS) is 1. The van der Waals surface area contributed by atoms with E-state index in [-0.39, 0.29) is 31.4 Å². The van der Waals surface area contributed by atoms with Crippen LogP contribution in [-0.4, -0.2) is 85.5 Å². The second-order valence-electron chi connectivity index (χ2n) is 12.3. The van der Waals surface area contributed by atoms with E-state index in [2.05, 4.69) is 36.2 Å². The number of aromatic amines is 2. The topological polar surface area (TPSA) is 244 Å². The van der Waals surface area contributed by atoms with Gasteiger partial charge >= 0.3 is 5.97 Å². The molecule has 15 heteroatoms. The number of aliphatic carboxylic acids is 1. The number of aromatic nitrogens is 3. The van der Waals surface area contributed by atoms with Crippen molar-refractivity contribution in [2.24, 2.45) is 5.73 Å². The summed E-state index contributed by atoms with van der Waals surface area (Å²) in [6.07, 6.45) is 4.88. The van der Waals surface area contributed by atoms with Crippen molar-refractivity contribution in [3.05, 3.63) is 120 Å². The molecule has 0 radical (unpaired) electrons. The molecular weight excluding hydrogens is 668 g/mol. The highest BCUT2D eigenvalue weighted by Crippen LogP contribution is 2.19. The maximum atomic E-state index is 13.8. The average molecular weight is 709 g/mol. The summed E-state index contributed by atoms with van der Waals surface area (Å²) >= 11 is 0. The maximum Gasteiger partial charge on any atom is 0.326 e. The Morgan fingerprint density at radius 1 is 0.712 bits per heavy atom. The number of rotatable bonds is 17. The summed E-state index contributed by atoms with van der Waals surface area (Å²) in [6.45, 7) is -0.573. The van der Waals surface area contributed by atoms with Gasteiger partial charge in [-0.05, 0) is 41.3 Å². The number of aromatic hydroxyl groups is 1. The number of carbonyl (C=O) groups is 5. The van der Waals surface area contributed by atoms with E-state index < -0.39 is 60.3 Å². The van der Waals surface area contributed by atoms with Crippen molar-refractivity contribution in [3.63, 3.8) is 0 Å². The summed E-state index contributed by atoms with van der Waals surface area (Å²) in [6, 6.07) is 17.7. The summed E-state index contributed by atoms with van der Waals surface area (Å²) in [5, 5.41) is 30.6. The smallest absolute Gasteiger partial charge is 0.326 e. The fourth-order valence-corrected chi connectivity index (χ4v) is 5.67. The fraction of sp³-hybridized carbons (Fsp3) is 0.243. The van der Waals surface area contributed by atoms with Crippen LogP contribution in [0.25, 0.3) is 10.9 Å². The molecule has 0 fully saturated rings. The van der Waals surface area contributed by atoms with Crippen molar-refractivity contribution in [3.8, 4) is 5.75 Å². The van der Waals surface area contributed by atoms with E-state index in [1.807, 2.05) is 24.3 Å². The zero-order valence-corrected chi connectivity index (χ0v) is 28.0. The van der Waals surface area contributed by atoms with E-state index in [0.29, 0.717) is 16.8 Å². The quantitative estimate of drug-likeness (QED) is 0.0664. The standard InChI is InChI=1S/C37H40N8O7/c38-28(16-24-18-40-29-9-5-4-8-27(24)29)34(48)44-31(17-25-19-39-21-42-25)36(50)45-30(14-23-10-12-26(46)13-11-23)35(49)41-20-33(47)43-32(37(51)52)15-22-6-2-1-3-7-22/h1-13,18-19,21,28,30-32,40,46H,14-17,20,38H2,(H,39,42)(H,41,49)(H,43,47)(H,44,48)(H,45,50)(H,51,52)/t28-,30+,31-,32-/m0/s1. The van der Waals surface area contributed by atoms with Crippen LogP contribution in [0.4, 0.5) is 0 Å². The molecule has 0 bridgehead atoms. The van der Waals surface area contributed by atoms with Crippen LogP contribution < -0.4 is 27.0 Å². The van der Waals surface area contributed by atoms with Gasteiger partial charge in [0.05, 0.1) is 18.9 Å². The van der Waals surface area contributed by atoms with Gasteiger partial charge in [0.2, 0.25) is 23.6 Å². The molecule has 270 valence electrons. The highest BCUT2D eigenvalue weighted by molar-refractivity contribution is 5.95. The second kappa shape index (κ2) is 17.4. The Morgan fingerprint density at radius 3 is 2.08 bits per heavy atom. The zero-order chi connectivity index (χ0) is 37.0. The molecule has 0 aliphatic rings. The molecule has 0 aliphatic heterocycles. The van der Waals surface area contributed by atoms with Gasteiger partial charge in [-0.25, -0.2) is 9.78 Å². The lowest BCUT2D eigenvalue weighted by atomic mass is 10.0. The summed E-state index contributed by atoms with van der Waals surface area (Å²) in [4.78, 5) is 75.4. The molecule has 0 saturated heterocycles. The number of nitrogens with zero attached hydrogens (tertiary/aromatic N) is 1. The number of para-hydroxylation sites is 1. The molecular formula is C37H40N8O7. The number of amides is 4. The van der Waals surface area contributed by atoms with Gasteiger partial charge in [-0.2, -0.15) is 0 Å². The van der Waals surface area contributed by atoms with Gasteiger partial charge in [0, 0.05) is 48.3 Å². The van der Waals surface area contributed by atoms with Gasteiger partial charge in [0.25, 0.3) is 0 Å².